The normalized spacial score (nSPS) is 25.4. The van der Waals surface area contributed by atoms with Crippen molar-refractivity contribution in [3.8, 4) is 0 Å². The molecule has 1 aliphatic rings. The second kappa shape index (κ2) is 4.62. The number of hydrogen-bond acceptors (Lipinski definition) is 1. The Morgan fingerprint density at radius 1 is 1.24 bits per heavy atom. The third kappa shape index (κ3) is 2.51. The van der Waals surface area contributed by atoms with Crippen LogP contribution in [-0.2, 0) is 4.79 Å². The molecule has 0 aromatic rings. The highest BCUT2D eigenvalue weighted by molar-refractivity contribution is 5.89. The van der Waals surface area contributed by atoms with E-state index in [2.05, 4.69) is 46.9 Å². The fraction of sp³-hybridized carbons (Fsp3) is 0.933. The Balaban J connectivity index is 2.95. The van der Waals surface area contributed by atoms with Crippen LogP contribution in [0.4, 0.5) is 0 Å². The molecular weight excluding hydrogens is 210 g/mol. The minimum Gasteiger partial charge on any atom is -0.354 e. The maximum atomic E-state index is 12.2. The van der Waals surface area contributed by atoms with Crippen LogP contribution >= 0.6 is 0 Å². The molecule has 0 spiro atoms. The number of nitrogens with one attached hydrogen (secondary N) is 1. The molecule has 1 aliphatic heterocycles. The van der Waals surface area contributed by atoms with E-state index in [1.807, 2.05) is 0 Å². The summed E-state index contributed by atoms with van der Waals surface area (Å²) in [5.74, 6) is 0.275. The summed E-state index contributed by atoms with van der Waals surface area (Å²) in [6, 6.07) is 0. The van der Waals surface area contributed by atoms with Gasteiger partial charge < -0.3 is 5.32 Å². The molecule has 100 valence electrons. The first-order valence-corrected chi connectivity index (χ1v) is 6.99. The number of rotatable bonds is 6. The van der Waals surface area contributed by atoms with Crippen LogP contribution in [0.5, 0.6) is 0 Å². The van der Waals surface area contributed by atoms with Crippen LogP contribution in [0.25, 0.3) is 0 Å². The number of hydrogen-bond donors (Lipinski definition) is 1. The summed E-state index contributed by atoms with van der Waals surface area (Å²) in [6.45, 7) is 14.4. The van der Waals surface area contributed by atoms with Gasteiger partial charge in [0.1, 0.15) is 0 Å². The molecule has 2 heteroatoms. The molecule has 0 radical (unpaired) electrons. The average Bonchev–Trinajstić information content (AvgIpc) is 2.23. The van der Waals surface area contributed by atoms with E-state index in [9.17, 15) is 4.79 Å². The molecule has 1 heterocycles. The zero-order chi connectivity index (χ0) is 13.3. The van der Waals surface area contributed by atoms with Gasteiger partial charge in [-0.05, 0) is 23.7 Å². The largest absolute Gasteiger partial charge is 0.354 e. The summed E-state index contributed by atoms with van der Waals surface area (Å²) in [5, 5.41) is 2.97. The van der Waals surface area contributed by atoms with Gasteiger partial charge in [-0.2, -0.15) is 0 Å². The molecular formula is C15H29NO. The molecule has 17 heavy (non-hydrogen) atoms. The third-order valence-electron chi connectivity index (χ3n) is 4.89. The predicted molar refractivity (Wildman–Crippen MR) is 72.8 cm³/mol. The molecule has 0 aromatic heterocycles. The van der Waals surface area contributed by atoms with Crippen molar-refractivity contribution in [2.75, 3.05) is 6.54 Å². The van der Waals surface area contributed by atoms with E-state index in [0.717, 1.165) is 32.2 Å². The van der Waals surface area contributed by atoms with Crippen LogP contribution < -0.4 is 5.32 Å². The Morgan fingerprint density at radius 2 is 1.82 bits per heavy atom. The minimum atomic E-state index is -0.136. The second-order valence-corrected chi connectivity index (χ2v) is 7.09. The highest BCUT2D eigenvalue weighted by Crippen LogP contribution is 2.53. The number of β-lactam (4-membered cyclic amide) rings is 1. The van der Waals surface area contributed by atoms with Crippen molar-refractivity contribution in [2.24, 2.45) is 16.2 Å². The van der Waals surface area contributed by atoms with E-state index in [1.165, 1.54) is 0 Å². The molecule has 1 N–H and O–H groups in total. The zero-order valence-electron chi connectivity index (χ0n) is 12.4. The summed E-state index contributed by atoms with van der Waals surface area (Å²) >= 11 is 0. The van der Waals surface area contributed by atoms with E-state index in [4.69, 9.17) is 0 Å². The smallest absolute Gasteiger partial charge is 0.228 e. The van der Waals surface area contributed by atoms with Gasteiger partial charge in [-0.3, -0.25) is 4.79 Å². The molecule has 1 atom stereocenters. The summed E-state index contributed by atoms with van der Waals surface area (Å²) in [7, 11) is 0. The molecule has 0 aromatic carbocycles. The molecule has 2 nitrogen and oxygen atoms in total. The quantitative estimate of drug-likeness (QED) is 0.703. The van der Waals surface area contributed by atoms with Crippen molar-refractivity contribution >= 4 is 5.91 Å². The van der Waals surface area contributed by atoms with Gasteiger partial charge in [-0.25, -0.2) is 0 Å². The topological polar surface area (TPSA) is 29.1 Å². The molecule has 1 amide bonds. The first-order chi connectivity index (χ1) is 7.71. The van der Waals surface area contributed by atoms with Crippen LogP contribution in [0.3, 0.4) is 0 Å². The van der Waals surface area contributed by atoms with Gasteiger partial charge in [-0.1, -0.05) is 54.4 Å². The van der Waals surface area contributed by atoms with Gasteiger partial charge in [0.15, 0.2) is 0 Å². The average molecular weight is 239 g/mol. The number of carbonyl (C=O) groups excluding carboxylic acids is 1. The predicted octanol–water partition coefficient (Wildman–Crippen LogP) is 3.76. The lowest BCUT2D eigenvalue weighted by atomic mass is 9.54. The Morgan fingerprint density at radius 3 is 2.12 bits per heavy atom. The van der Waals surface area contributed by atoms with E-state index < -0.39 is 0 Å². The Bertz CT molecular complexity index is 293. The van der Waals surface area contributed by atoms with Gasteiger partial charge in [0.25, 0.3) is 0 Å². The summed E-state index contributed by atoms with van der Waals surface area (Å²) in [5.41, 5.74) is 0.224. The van der Waals surface area contributed by atoms with Crippen molar-refractivity contribution in [1.29, 1.82) is 0 Å². The van der Waals surface area contributed by atoms with Gasteiger partial charge in [0.05, 0.1) is 5.41 Å². The van der Waals surface area contributed by atoms with E-state index in [1.54, 1.807) is 0 Å². The highest BCUT2D eigenvalue weighted by atomic mass is 16.2. The molecule has 1 fully saturated rings. The van der Waals surface area contributed by atoms with Crippen molar-refractivity contribution < 1.29 is 4.79 Å². The van der Waals surface area contributed by atoms with Crippen LogP contribution in [0.2, 0.25) is 0 Å². The molecule has 1 saturated heterocycles. The monoisotopic (exact) mass is 239 g/mol. The zero-order valence-corrected chi connectivity index (χ0v) is 12.4. The lowest BCUT2D eigenvalue weighted by Gasteiger charge is -2.54. The minimum absolute atomic E-state index is 0.108. The standard InChI is InChI=1S/C15H29NO/c1-7-9-14(5,6)15(11-16-12(15)17)10-13(3,4)8-2/h7-11H2,1-6H3,(H,16,17). The maximum Gasteiger partial charge on any atom is 0.228 e. The number of amides is 1. The van der Waals surface area contributed by atoms with Crippen molar-refractivity contribution in [3.05, 3.63) is 0 Å². The first-order valence-electron chi connectivity index (χ1n) is 6.99. The summed E-state index contributed by atoms with van der Waals surface area (Å²) in [6.07, 6.45) is 4.41. The van der Waals surface area contributed by atoms with E-state index in [0.29, 0.717) is 0 Å². The van der Waals surface area contributed by atoms with Crippen LogP contribution in [-0.4, -0.2) is 12.5 Å². The van der Waals surface area contributed by atoms with E-state index in [-0.39, 0.29) is 22.2 Å². The summed E-state index contributed by atoms with van der Waals surface area (Å²) in [4.78, 5) is 12.2. The lowest BCUT2D eigenvalue weighted by molar-refractivity contribution is -0.155. The summed E-state index contributed by atoms with van der Waals surface area (Å²) < 4.78 is 0. The van der Waals surface area contributed by atoms with Crippen molar-refractivity contribution in [3.63, 3.8) is 0 Å². The van der Waals surface area contributed by atoms with Crippen LogP contribution in [0, 0.1) is 16.2 Å². The molecule has 0 bridgehead atoms. The van der Waals surface area contributed by atoms with E-state index >= 15 is 0 Å². The Hall–Kier alpha value is -0.530. The Kier molecular flexibility index (Phi) is 3.95. The Labute approximate surface area is 107 Å². The van der Waals surface area contributed by atoms with Gasteiger partial charge in [0.2, 0.25) is 5.91 Å². The molecule has 0 saturated carbocycles. The van der Waals surface area contributed by atoms with Crippen LogP contribution in [0.1, 0.15) is 67.2 Å². The van der Waals surface area contributed by atoms with Gasteiger partial charge >= 0.3 is 0 Å². The third-order valence-corrected chi connectivity index (χ3v) is 4.89. The van der Waals surface area contributed by atoms with Crippen molar-refractivity contribution in [2.45, 2.75) is 67.2 Å². The molecule has 1 rings (SSSR count). The fourth-order valence-corrected chi connectivity index (χ4v) is 3.11. The van der Waals surface area contributed by atoms with Crippen LogP contribution in [0.15, 0.2) is 0 Å². The first kappa shape index (κ1) is 14.5. The lowest BCUT2D eigenvalue weighted by Crippen LogP contribution is -2.66. The maximum absolute atomic E-state index is 12.2. The van der Waals surface area contributed by atoms with Gasteiger partial charge in [-0.15, -0.1) is 0 Å². The second-order valence-electron chi connectivity index (χ2n) is 7.09. The highest BCUT2D eigenvalue weighted by Gasteiger charge is 2.57. The molecule has 1 unspecified atom stereocenters. The SMILES string of the molecule is CCCC(C)(C)C1(CC(C)(C)CC)CNC1=O. The number of carbonyl (C=O) groups is 1. The van der Waals surface area contributed by atoms with Gasteiger partial charge in [0, 0.05) is 6.54 Å². The molecule has 0 aliphatic carbocycles. The van der Waals surface area contributed by atoms with Crippen molar-refractivity contribution in [1.82, 2.24) is 5.32 Å². The fourth-order valence-electron chi connectivity index (χ4n) is 3.11.